The number of carbonyl (C=O) groups is 2. The molecule has 10 nitrogen and oxygen atoms in total. The molecule has 1 amide bonds. The number of carboxylic acid groups (broad SMARTS) is 1. The Morgan fingerprint density at radius 1 is 1.18 bits per heavy atom. The minimum absolute atomic E-state index is 0.100. The lowest BCUT2D eigenvalue weighted by Crippen LogP contribution is -2.24. The number of aliphatic carboxylic acids is 1. The summed E-state index contributed by atoms with van der Waals surface area (Å²) in [6.45, 7) is 5.97. The van der Waals surface area contributed by atoms with Crippen LogP contribution in [0.25, 0.3) is 16.8 Å². The van der Waals surface area contributed by atoms with Gasteiger partial charge in [0.15, 0.2) is 5.82 Å². The molecule has 0 aliphatic heterocycles. The Labute approximate surface area is 219 Å². The molecule has 3 heterocycles. The molecule has 1 fully saturated rings. The maximum Gasteiger partial charge on any atom is 0.490 e. The number of benzene rings is 1. The van der Waals surface area contributed by atoms with Crippen LogP contribution in [0.5, 0.6) is 0 Å². The van der Waals surface area contributed by atoms with Crippen LogP contribution in [0.3, 0.4) is 0 Å². The molecule has 0 saturated heterocycles. The highest BCUT2D eigenvalue weighted by molar-refractivity contribution is 5.89. The minimum Gasteiger partial charge on any atom is -0.475 e. The van der Waals surface area contributed by atoms with Gasteiger partial charge in [0.25, 0.3) is 0 Å². The first-order valence-corrected chi connectivity index (χ1v) is 11.8. The van der Waals surface area contributed by atoms with Crippen molar-refractivity contribution in [2.24, 2.45) is 0 Å². The van der Waals surface area contributed by atoms with E-state index in [-0.39, 0.29) is 29.6 Å². The number of nitrogens with zero attached hydrogens (tertiary/aromatic N) is 5. The maximum absolute atomic E-state index is 15.7. The maximum atomic E-state index is 15.7. The first kappa shape index (κ1) is 27.7. The fraction of sp³-hybridized carbons (Fsp3) is 0.360. The van der Waals surface area contributed by atoms with E-state index in [4.69, 9.17) is 14.4 Å². The predicted molar refractivity (Wildman–Crippen MR) is 128 cm³/mol. The number of rotatable bonds is 5. The van der Waals surface area contributed by atoms with E-state index in [1.807, 2.05) is 39.0 Å². The van der Waals surface area contributed by atoms with Gasteiger partial charge in [-0.25, -0.2) is 18.7 Å². The van der Waals surface area contributed by atoms with Crippen molar-refractivity contribution >= 4 is 17.4 Å². The molecule has 0 spiro atoms. The van der Waals surface area contributed by atoms with Crippen LogP contribution in [0, 0.1) is 5.82 Å². The number of halogens is 4. The molecule has 1 saturated carbocycles. The Kier molecular flexibility index (Phi) is 7.39. The fourth-order valence-corrected chi connectivity index (χ4v) is 3.73. The van der Waals surface area contributed by atoms with Crippen LogP contribution in [-0.2, 0) is 16.8 Å². The minimum atomic E-state index is -5.08. The first-order chi connectivity index (χ1) is 18.3. The highest BCUT2D eigenvalue weighted by Crippen LogP contribution is 2.45. The van der Waals surface area contributed by atoms with Gasteiger partial charge in [0, 0.05) is 23.7 Å². The molecule has 5 rings (SSSR count). The second-order valence-corrected chi connectivity index (χ2v) is 9.88. The van der Waals surface area contributed by atoms with Crippen molar-refractivity contribution in [3.63, 3.8) is 0 Å². The average Bonchev–Trinajstić information content (AvgIpc) is 3.35. The second kappa shape index (κ2) is 10.4. The van der Waals surface area contributed by atoms with Gasteiger partial charge >= 0.3 is 23.9 Å². The van der Waals surface area contributed by atoms with Crippen LogP contribution in [0.4, 0.5) is 17.6 Å². The number of amides is 1. The largest absolute Gasteiger partial charge is 0.490 e. The van der Waals surface area contributed by atoms with E-state index in [0.29, 0.717) is 22.6 Å². The van der Waals surface area contributed by atoms with Crippen LogP contribution in [0.1, 0.15) is 67.2 Å². The van der Waals surface area contributed by atoms with Crippen LogP contribution in [0.15, 0.2) is 41.3 Å². The molecule has 0 unspecified atom stereocenters. The third-order valence-corrected chi connectivity index (χ3v) is 5.82. The van der Waals surface area contributed by atoms with Crippen LogP contribution >= 0.6 is 0 Å². The van der Waals surface area contributed by atoms with Gasteiger partial charge in [-0.05, 0) is 48.1 Å². The molecule has 1 aliphatic carbocycles. The highest BCUT2D eigenvalue weighted by Gasteiger charge is 2.38. The zero-order valence-corrected chi connectivity index (χ0v) is 21.1. The SMILES string of the molecule is CC(C)(C)c1noc(C(=O)NCc2ccc(-c3ncnn4cccc34)c(F)c2C2CC2)n1.O=C(O)C(F)(F)F. The summed E-state index contributed by atoms with van der Waals surface area (Å²) in [7, 11) is 0. The van der Waals surface area contributed by atoms with Crippen LogP contribution < -0.4 is 5.32 Å². The van der Waals surface area contributed by atoms with Crippen LogP contribution in [-0.4, -0.2) is 47.9 Å². The molecule has 2 N–H and O–H groups in total. The predicted octanol–water partition coefficient (Wildman–Crippen LogP) is 4.66. The van der Waals surface area contributed by atoms with E-state index >= 15 is 4.39 Å². The smallest absolute Gasteiger partial charge is 0.475 e. The summed E-state index contributed by atoms with van der Waals surface area (Å²) in [5.41, 5.74) is 2.75. The molecule has 0 bridgehead atoms. The van der Waals surface area contributed by atoms with Crippen molar-refractivity contribution in [2.45, 2.75) is 57.7 Å². The monoisotopic (exact) mass is 548 g/mol. The van der Waals surface area contributed by atoms with Crippen molar-refractivity contribution in [3.8, 4) is 11.3 Å². The fourth-order valence-electron chi connectivity index (χ4n) is 3.73. The summed E-state index contributed by atoms with van der Waals surface area (Å²) >= 11 is 0. The third-order valence-electron chi connectivity index (χ3n) is 5.82. The summed E-state index contributed by atoms with van der Waals surface area (Å²) in [6, 6.07) is 7.26. The van der Waals surface area contributed by atoms with Gasteiger partial charge in [0.2, 0.25) is 0 Å². The van der Waals surface area contributed by atoms with Gasteiger partial charge in [0.1, 0.15) is 17.8 Å². The summed E-state index contributed by atoms with van der Waals surface area (Å²) in [4.78, 5) is 29.9. The lowest BCUT2D eigenvalue weighted by Gasteiger charge is -2.14. The molecule has 3 aromatic heterocycles. The molecule has 4 aromatic rings. The van der Waals surface area contributed by atoms with Crippen molar-refractivity contribution in [3.05, 3.63) is 65.4 Å². The van der Waals surface area contributed by atoms with E-state index in [1.165, 1.54) is 6.33 Å². The third kappa shape index (κ3) is 6.21. The second-order valence-electron chi connectivity index (χ2n) is 9.88. The quantitative estimate of drug-likeness (QED) is 0.344. The Morgan fingerprint density at radius 3 is 2.46 bits per heavy atom. The van der Waals surface area contributed by atoms with E-state index in [9.17, 15) is 18.0 Å². The molecule has 39 heavy (non-hydrogen) atoms. The molecule has 0 atom stereocenters. The Bertz CT molecular complexity index is 1520. The van der Waals surface area contributed by atoms with Gasteiger partial charge in [-0.3, -0.25) is 4.79 Å². The number of carbonyl (C=O) groups excluding carboxylic acids is 1. The summed E-state index contributed by atoms with van der Waals surface area (Å²) < 4.78 is 54.2. The number of fused-ring (bicyclic) bond motifs is 1. The van der Waals surface area contributed by atoms with E-state index in [0.717, 1.165) is 23.9 Å². The van der Waals surface area contributed by atoms with Gasteiger partial charge in [-0.2, -0.15) is 23.3 Å². The Morgan fingerprint density at radius 2 is 1.87 bits per heavy atom. The number of nitrogens with one attached hydrogen (secondary N) is 1. The zero-order chi connectivity index (χ0) is 28.5. The first-order valence-electron chi connectivity index (χ1n) is 11.8. The number of aromatic nitrogens is 5. The summed E-state index contributed by atoms with van der Waals surface area (Å²) in [6.07, 6.45) is -0.0237. The van der Waals surface area contributed by atoms with Gasteiger partial charge in [-0.15, -0.1) is 0 Å². The van der Waals surface area contributed by atoms with Gasteiger partial charge < -0.3 is 14.9 Å². The van der Waals surface area contributed by atoms with Crippen molar-refractivity contribution in [2.75, 3.05) is 0 Å². The molecule has 14 heteroatoms. The van der Waals surface area contributed by atoms with Crippen LogP contribution in [0.2, 0.25) is 0 Å². The van der Waals surface area contributed by atoms with Crippen molar-refractivity contribution < 1.29 is 36.8 Å². The Hall–Kier alpha value is -4.36. The number of carboxylic acids is 1. The Balaban J connectivity index is 0.000000448. The molecule has 206 valence electrons. The zero-order valence-electron chi connectivity index (χ0n) is 21.1. The molecule has 1 aromatic carbocycles. The van der Waals surface area contributed by atoms with Gasteiger partial charge in [0.05, 0.1) is 5.52 Å². The van der Waals surface area contributed by atoms with Crippen molar-refractivity contribution in [1.82, 2.24) is 30.1 Å². The molecule has 1 aliphatic rings. The number of hydrogen-bond donors (Lipinski definition) is 2. The summed E-state index contributed by atoms with van der Waals surface area (Å²) in [5.74, 6) is -3.04. The summed E-state index contributed by atoms with van der Waals surface area (Å²) in [5, 5.41) is 17.9. The number of alkyl halides is 3. The normalized spacial score (nSPS) is 13.6. The lowest BCUT2D eigenvalue weighted by atomic mass is 9.96. The molecular weight excluding hydrogens is 524 g/mol. The number of hydrogen-bond acceptors (Lipinski definition) is 7. The standard InChI is InChI=1S/C23H23FN6O2.C2HF3O2/c1-23(2,3)22-28-21(32-29-22)20(31)25-11-14-8-9-15(18(24)17(14)13-6-7-13)19-16-5-4-10-30(16)27-12-26-19;3-2(4,5)1(6)7/h4-5,8-10,12-13H,6-7,11H2,1-3H3,(H,25,31);(H,6,7). The molecule has 0 radical (unpaired) electrons. The van der Waals surface area contributed by atoms with Crippen molar-refractivity contribution in [1.29, 1.82) is 0 Å². The topological polar surface area (TPSA) is 136 Å². The average molecular weight is 548 g/mol. The highest BCUT2D eigenvalue weighted by atomic mass is 19.4. The molecular formula is C25H24F4N6O4. The van der Waals surface area contributed by atoms with E-state index in [2.05, 4.69) is 25.5 Å². The lowest BCUT2D eigenvalue weighted by molar-refractivity contribution is -0.192. The van der Waals surface area contributed by atoms with Gasteiger partial charge in [-0.1, -0.05) is 32.0 Å². The van der Waals surface area contributed by atoms with E-state index in [1.54, 1.807) is 16.8 Å². The van der Waals surface area contributed by atoms with E-state index < -0.39 is 18.1 Å².